The molecule has 7 heteroatoms. The van der Waals surface area contributed by atoms with E-state index < -0.39 is 0 Å². The van der Waals surface area contributed by atoms with Crippen LogP contribution in [-0.2, 0) is 9.59 Å². The van der Waals surface area contributed by atoms with Gasteiger partial charge in [-0.1, -0.05) is 31.2 Å². The summed E-state index contributed by atoms with van der Waals surface area (Å²) in [6.07, 6.45) is 12.5. The maximum Gasteiger partial charge on any atom is 0.228 e. The summed E-state index contributed by atoms with van der Waals surface area (Å²) in [4.78, 5) is 28.9. The van der Waals surface area contributed by atoms with Gasteiger partial charge < -0.3 is 25.1 Å². The van der Waals surface area contributed by atoms with E-state index in [0.29, 0.717) is 0 Å². The van der Waals surface area contributed by atoms with Gasteiger partial charge in [-0.25, -0.2) is 0 Å². The first-order chi connectivity index (χ1) is 16.4. The highest BCUT2D eigenvalue weighted by molar-refractivity contribution is 5.92. The molecule has 0 saturated carbocycles. The zero-order valence-electron chi connectivity index (χ0n) is 21.4. The summed E-state index contributed by atoms with van der Waals surface area (Å²) in [5, 5.41) is 12.0. The minimum Gasteiger partial charge on any atom is -0.508 e. The standard InChI is InChI=1S/C14H26N2O.C13H18N2O2/c1-4-6-7-8-9-11-15(3)12-10-13-16(5-2)14-17;1-2-15-8-7-10(9-15)13(17)14-11-3-5-12(16)6-4-11/h4,6,8-9,14H,5,7,10-13H2,1-3H3;3-6,10,16H,2,7-9H2,1H3,(H,14,17)/b6-4-,9-8-;. The number of nitrogens with zero attached hydrogens (tertiary/aromatic N) is 3. The third-order valence-corrected chi connectivity index (χ3v) is 5.86. The monoisotopic (exact) mass is 472 g/mol. The summed E-state index contributed by atoms with van der Waals surface area (Å²) in [6.45, 7) is 12.7. The predicted octanol–water partition coefficient (Wildman–Crippen LogP) is 3.98. The molecule has 0 aliphatic carbocycles. The number of phenols is 1. The molecule has 0 aromatic heterocycles. The Hall–Kier alpha value is -2.64. The van der Waals surface area contributed by atoms with Crippen molar-refractivity contribution in [3.63, 3.8) is 0 Å². The first-order valence-corrected chi connectivity index (χ1v) is 12.4. The summed E-state index contributed by atoms with van der Waals surface area (Å²) in [5.41, 5.74) is 0.739. The number of anilines is 1. The fraction of sp³-hybridized carbons (Fsp3) is 0.556. The molecular weight excluding hydrogens is 428 g/mol. The minimum absolute atomic E-state index is 0.0756. The van der Waals surface area contributed by atoms with Gasteiger partial charge >= 0.3 is 0 Å². The van der Waals surface area contributed by atoms with Crippen LogP contribution in [-0.4, -0.2) is 85.0 Å². The number of rotatable bonds is 13. The van der Waals surface area contributed by atoms with E-state index in [4.69, 9.17) is 5.11 Å². The van der Waals surface area contributed by atoms with Crippen molar-refractivity contribution in [2.75, 3.05) is 58.2 Å². The average Bonchev–Trinajstić information content (AvgIpc) is 3.33. The zero-order chi connectivity index (χ0) is 25.2. The van der Waals surface area contributed by atoms with Crippen molar-refractivity contribution >= 4 is 18.0 Å². The van der Waals surface area contributed by atoms with Crippen LogP contribution in [0.3, 0.4) is 0 Å². The van der Waals surface area contributed by atoms with Crippen LogP contribution in [0.2, 0.25) is 0 Å². The first kappa shape index (κ1) is 29.4. The molecule has 0 radical (unpaired) electrons. The minimum atomic E-state index is 0.0756. The first-order valence-electron chi connectivity index (χ1n) is 12.4. The molecule has 1 saturated heterocycles. The molecule has 2 N–H and O–H groups in total. The SMILES string of the molecule is C/C=C\C/C=C\CN(C)CCCN(C=O)CC.CCN1CCC(C(=O)Nc2ccc(O)cc2)C1. The van der Waals surface area contributed by atoms with Gasteiger partial charge in [-0.15, -0.1) is 0 Å². The van der Waals surface area contributed by atoms with E-state index in [1.165, 1.54) is 0 Å². The van der Waals surface area contributed by atoms with Crippen molar-refractivity contribution in [1.29, 1.82) is 0 Å². The molecule has 1 atom stereocenters. The fourth-order valence-corrected chi connectivity index (χ4v) is 3.61. The number of hydrogen-bond acceptors (Lipinski definition) is 5. The summed E-state index contributed by atoms with van der Waals surface area (Å²) >= 11 is 0. The van der Waals surface area contributed by atoms with E-state index in [1.54, 1.807) is 29.2 Å². The van der Waals surface area contributed by atoms with Gasteiger partial charge in [0.05, 0.1) is 5.92 Å². The summed E-state index contributed by atoms with van der Waals surface area (Å²) < 4.78 is 0. The van der Waals surface area contributed by atoms with Gasteiger partial charge in [-0.2, -0.15) is 0 Å². The van der Waals surface area contributed by atoms with E-state index in [9.17, 15) is 9.59 Å². The number of phenolic OH excluding ortho intramolecular Hbond substituents is 1. The average molecular weight is 473 g/mol. The highest BCUT2D eigenvalue weighted by atomic mass is 16.3. The van der Waals surface area contributed by atoms with Crippen LogP contribution in [0, 0.1) is 5.92 Å². The van der Waals surface area contributed by atoms with Crippen molar-refractivity contribution in [3.05, 3.63) is 48.6 Å². The third kappa shape index (κ3) is 12.6. The molecule has 1 aliphatic rings. The fourth-order valence-electron chi connectivity index (χ4n) is 3.61. The van der Waals surface area contributed by atoms with Gasteiger partial charge in [0.25, 0.3) is 0 Å². The van der Waals surface area contributed by atoms with E-state index >= 15 is 0 Å². The van der Waals surface area contributed by atoms with E-state index in [1.807, 2.05) is 13.8 Å². The Morgan fingerprint density at radius 1 is 1.18 bits per heavy atom. The molecular formula is C27H44N4O3. The van der Waals surface area contributed by atoms with Gasteiger partial charge in [-0.05, 0) is 84.1 Å². The van der Waals surface area contributed by atoms with Crippen molar-refractivity contribution in [3.8, 4) is 5.75 Å². The predicted molar refractivity (Wildman–Crippen MR) is 141 cm³/mol. The lowest BCUT2D eigenvalue weighted by Crippen LogP contribution is -2.27. The molecule has 1 heterocycles. The third-order valence-electron chi connectivity index (χ3n) is 5.86. The van der Waals surface area contributed by atoms with Gasteiger partial charge in [0, 0.05) is 31.9 Å². The number of carbonyl (C=O) groups excluding carboxylic acids is 2. The Morgan fingerprint density at radius 3 is 2.50 bits per heavy atom. The number of likely N-dealkylation sites (N-methyl/N-ethyl adjacent to an activating group) is 1. The number of hydrogen-bond donors (Lipinski definition) is 2. The largest absolute Gasteiger partial charge is 0.508 e. The number of amides is 2. The highest BCUT2D eigenvalue weighted by Gasteiger charge is 2.27. The smallest absolute Gasteiger partial charge is 0.228 e. The Balaban J connectivity index is 0.000000340. The van der Waals surface area contributed by atoms with Crippen LogP contribution < -0.4 is 5.32 Å². The lowest BCUT2D eigenvalue weighted by molar-refractivity contribution is -0.119. The zero-order valence-corrected chi connectivity index (χ0v) is 21.4. The molecule has 1 aromatic carbocycles. The quantitative estimate of drug-likeness (QED) is 0.258. The number of aromatic hydroxyl groups is 1. The van der Waals surface area contributed by atoms with Crippen LogP contribution in [0.1, 0.15) is 40.0 Å². The Labute approximate surface area is 206 Å². The van der Waals surface area contributed by atoms with Crippen LogP contribution in [0.25, 0.3) is 0 Å². The number of benzene rings is 1. The van der Waals surface area contributed by atoms with Gasteiger partial charge in [0.15, 0.2) is 0 Å². The van der Waals surface area contributed by atoms with Gasteiger partial charge in [0.2, 0.25) is 12.3 Å². The summed E-state index contributed by atoms with van der Waals surface area (Å²) in [7, 11) is 2.11. The van der Waals surface area contributed by atoms with Crippen molar-refractivity contribution in [2.24, 2.45) is 5.92 Å². The molecule has 1 aliphatic heterocycles. The topological polar surface area (TPSA) is 76.1 Å². The van der Waals surface area contributed by atoms with E-state index in [0.717, 1.165) is 77.2 Å². The molecule has 1 fully saturated rings. The lowest BCUT2D eigenvalue weighted by atomic mass is 10.1. The molecule has 190 valence electrons. The maximum atomic E-state index is 12.0. The second kappa shape index (κ2) is 17.8. The Morgan fingerprint density at radius 2 is 1.91 bits per heavy atom. The van der Waals surface area contributed by atoms with Crippen molar-refractivity contribution in [2.45, 2.75) is 40.0 Å². The molecule has 2 rings (SSSR count). The molecule has 7 nitrogen and oxygen atoms in total. The second-order valence-corrected chi connectivity index (χ2v) is 8.54. The number of allylic oxidation sites excluding steroid dienone is 3. The molecule has 1 unspecified atom stereocenters. The molecule has 1 aromatic rings. The second-order valence-electron chi connectivity index (χ2n) is 8.54. The lowest BCUT2D eigenvalue weighted by Gasteiger charge is -2.18. The highest BCUT2D eigenvalue weighted by Crippen LogP contribution is 2.19. The maximum absolute atomic E-state index is 12.0. The number of carbonyl (C=O) groups is 2. The van der Waals surface area contributed by atoms with Crippen molar-refractivity contribution in [1.82, 2.24) is 14.7 Å². The molecule has 2 amide bonds. The summed E-state index contributed by atoms with van der Waals surface area (Å²) in [5.74, 6) is 0.372. The van der Waals surface area contributed by atoms with E-state index in [-0.39, 0.29) is 17.6 Å². The number of likely N-dealkylation sites (tertiary alicyclic amines) is 1. The van der Waals surface area contributed by atoms with Crippen molar-refractivity contribution < 1.29 is 14.7 Å². The Kier molecular flexibility index (Phi) is 15.4. The summed E-state index contributed by atoms with van der Waals surface area (Å²) in [6, 6.07) is 6.56. The van der Waals surface area contributed by atoms with Crippen LogP contribution in [0.15, 0.2) is 48.6 Å². The van der Waals surface area contributed by atoms with Gasteiger partial charge in [0.1, 0.15) is 5.75 Å². The molecule has 34 heavy (non-hydrogen) atoms. The normalized spacial score (nSPS) is 16.1. The number of nitrogens with one attached hydrogen (secondary N) is 1. The van der Waals surface area contributed by atoms with E-state index in [2.05, 4.69) is 53.4 Å². The van der Waals surface area contributed by atoms with Crippen LogP contribution in [0.5, 0.6) is 5.75 Å². The molecule has 0 bridgehead atoms. The molecule has 0 spiro atoms. The van der Waals surface area contributed by atoms with Crippen LogP contribution in [0.4, 0.5) is 5.69 Å². The van der Waals surface area contributed by atoms with Crippen LogP contribution >= 0.6 is 0 Å². The Bertz CT molecular complexity index is 749. The van der Waals surface area contributed by atoms with Gasteiger partial charge in [-0.3, -0.25) is 9.59 Å².